The van der Waals surface area contributed by atoms with E-state index >= 15 is 0 Å². The number of likely N-dealkylation sites (tertiary alicyclic amines) is 1. The zero-order valence-corrected chi connectivity index (χ0v) is 20.5. The zero-order chi connectivity index (χ0) is 22.3. The Morgan fingerprint density at radius 3 is 2.66 bits per heavy atom. The van der Waals surface area contributed by atoms with E-state index in [0.717, 1.165) is 44.2 Å². The number of halogens is 4. The third-order valence-corrected chi connectivity index (χ3v) is 5.49. The number of nitrogens with one attached hydrogen (secondary N) is 2. The van der Waals surface area contributed by atoms with Crippen LogP contribution in [-0.4, -0.2) is 60.2 Å². The second kappa shape index (κ2) is 12.4. The molecule has 2 aliphatic rings. The van der Waals surface area contributed by atoms with Crippen molar-refractivity contribution in [2.75, 3.05) is 26.2 Å². The number of carbonyl (C=O) groups is 1. The first-order valence-electron chi connectivity index (χ1n) is 10.8. The molecule has 2 heterocycles. The first kappa shape index (κ1) is 26.5. The Morgan fingerprint density at radius 1 is 1.28 bits per heavy atom. The predicted molar refractivity (Wildman–Crippen MR) is 126 cm³/mol. The summed E-state index contributed by atoms with van der Waals surface area (Å²) in [5.41, 5.74) is 0.751. The summed E-state index contributed by atoms with van der Waals surface area (Å²) in [6.45, 7) is 3.04. The summed E-state index contributed by atoms with van der Waals surface area (Å²) in [6.07, 6.45) is 2.23. The summed E-state index contributed by atoms with van der Waals surface area (Å²) < 4.78 is 41.2. The second-order valence-electron chi connectivity index (χ2n) is 8.00. The van der Waals surface area contributed by atoms with Crippen LogP contribution >= 0.6 is 24.0 Å². The molecular weight excluding hydrogens is 538 g/mol. The number of aromatic nitrogens is 1. The number of carbonyl (C=O) groups excluding carboxylic acids is 1. The maximum atomic E-state index is 12.6. The molecule has 0 bridgehead atoms. The van der Waals surface area contributed by atoms with Gasteiger partial charge in [0.2, 0.25) is 11.8 Å². The third kappa shape index (κ3) is 8.28. The normalized spacial score (nSPS) is 19.6. The molecule has 0 radical (unpaired) electrons. The van der Waals surface area contributed by atoms with E-state index in [-0.39, 0.29) is 47.7 Å². The molecule has 2 fully saturated rings. The largest absolute Gasteiger partial charge is 0.468 e. The van der Waals surface area contributed by atoms with Gasteiger partial charge in [0.15, 0.2) is 12.6 Å². The van der Waals surface area contributed by atoms with Gasteiger partial charge in [-0.2, -0.15) is 13.2 Å². The summed E-state index contributed by atoms with van der Waals surface area (Å²) in [6, 6.07) is 3.18. The van der Waals surface area contributed by atoms with Gasteiger partial charge in [0, 0.05) is 43.9 Å². The van der Waals surface area contributed by atoms with Crippen molar-refractivity contribution in [3.05, 3.63) is 23.9 Å². The molecule has 3 rings (SSSR count). The molecule has 1 amide bonds. The van der Waals surface area contributed by atoms with Gasteiger partial charge in [0.1, 0.15) is 0 Å². The summed E-state index contributed by atoms with van der Waals surface area (Å²) in [7, 11) is 0. The summed E-state index contributed by atoms with van der Waals surface area (Å²) in [5, 5.41) is 6.58. The number of rotatable bonds is 7. The van der Waals surface area contributed by atoms with Gasteiger partial charge >= 0.3 is 6.18 Å². The summed E-state index contributed by atoms with van der Waals surface area (Å²) in [4.78, 5) is 23.0. The van der Waals surface area contributed by atoms with Crippen LogP contribution in [0, 0.1) is 5.92 Å². The van der Waals surface area contributed by atoms with Crippen LogP contribution in [0.2, 0.25) is 0 Å². The van der Waals surface area contributed by atoms with E-state index in [0.29, 0.717) is 25.6 Å². The second-order valence-corrected chi connectivity index (χ2v) is 8.00. The lowest BCUT2D eigenvalue weighted by Crippen LogP contribution is -2.45. The number of guanidine groups is 1. The lowest BCUT2D eigenvalue weighted by molar-refractivity contribution is -0.154. The number of hydrogen-bond donors (Lipinski definition) is 2. The Morgan fingerprint density at radius 2 is 2.03 bits per heavy atom. The summed E-state index contributed by atoms with van der Waals surface area (Å²) in [5.74, 6) is 1.03. The molecule has 32 heavy (non-hydrogen) atoms. The molecule has 1 aliphatic carbocycles. The Labute approximate surface area is 203 Å². The molecule has 1 aromatic rings. The molecule has 0 aromatic carbocycles. The van der Waals surface area contributed by atoms with Crippen molar-refractivity contribution in [2.45, 2.75) is 57.8 Å². The molecule has 2 N–H and O–H groups in total. The minimum absolute atomic E-state index is 0. The number of amides is 1. The zero-order valence-electron chi connectivity index (χ0n) is 18.2. The molecule has 1 unspecified atom stereocenters. The highest BCUT2D eigenvalue weighted by Crippen LogP contribution is 2.27. The van der Waals surface area contributed by atoms with E-state index in [2.05, 4.69) is 25.3 Å². The van der Waals surface area contributed by atoms with Gasteiger partial charge in [0.05, 0.1) is 6.54 Å². The van der Waals surface area contributed by atoms with Crippen LogP contribution in [0.4, 0.5) is 13.2 Å². The maximum Gasteiger partial charge on any atom is 0.422 e. The fraction of sp³-hybridized carbons (Fsp3) is 0.667. The van der Waals surface area contributed by atoms with Crippen molar-refractivity contribution in [1.29, 1.82) is 0 Å². The van der Waals surface area contributed by atoms with Crippen LogP contribution in [0.15, 0.2) is 23.3 Å². The molecule has 11 heteroatoms. The van der Waals surface area contributed by atoms with Gasteiger partial charge in [0.25, 0.3) is 0 Å². The van der Waals surface area contributed by atoms with Crippen molar-refractivity contribution in [2.24, 2.45) is 10.9 Å². The lowest BCUT2D eigenvalue weighted by Gasteiger charge is -2.21. The number of aliphatic imine (C=N–C) groups is 1. The summed E-state index contributed by atoms with van der Waals surface area (Å²) >= 11 is 0. The van der Waals surface area contributed by atoms with Crippen LogP contribution in [0.3, 0.4) is 0 Å². The van der Waals surface area contributed by atoms with E-state index in [1.807, 2.05) is 11.8 Å². The van der Waals surface area contributed by atoms with E-state index in [1.165, 1.54) is 12.3 Å². The van der Waals surface area contributed by atoms with Crippen molar-refractivity contribution >= 4 is 35.8 Å². The Balaban J connectivity index is 0.00000363. The lowest BCUT2D eigenvalue weighted by atomic mass is 10.1. The van der Waals surface area contributed by atoms with Crippen LogP contribution in [0.25, 0.3) is 0 Å². The van der Waals surface area contributed by atoms with Crippen LogP contribution in [0.1, 0.15) is 44.6 Å². The molecule has 180 valence electrons. The van der Waals surface area contributed by atoms with Crippen LogP contribution < -0.4 is 15.4 Å². The van der Waals surface area contributed by atoms with Gasteiger partial charge in [-0.15, -0.1) is 24.0 Å². The number of ether oxygens (including phenoxy) is 1. The highest BCUT2D eigenvalue weighted by molar-refractivity contribution is 14.0. The number of hydrogen-bond acceptors (Lipinski definition) is 4. The van der Waals surface area contributed by atoms with E-state index in [9.17, 15) is 18.0 Å². The molecule has 1 aliphatic heterocycles. The molecular formula is C21H31F3IN5O2. The van der Waals surface area contributed by atoms with Gasteiger partial charge in [-0.05, 0) is 31.7 Å². The molecule has 1 saturated heterocycles. The van der Waals surface area contributed by atoms with E-state index in [1.54, 1.807) is 6.07 Å². The van der Waals surface area contributed by atoms with Crippen molar-refractivity contribution in [3.63, 3.8) is 0 Å². The third-order valence-electron chi connectivity index (χ3n) is 5.49. The predicted octanol–water partition coefficient (Wildman–Crippen LogP) is 3.49. The average molecular weight is 569 g/mol. The number of alkyl halides is 3. The van der Waals surface area contributed by atoms with Gasteiger partial charge in [-0.3, -0.25) is 4.79 Å². The molecule has 1 aromatic heterocycles. The van der Waals surface area contributed by atoms with E-state index < -0.39 is 12.8 Å². The van der Waals surface area contributed by atoms with Crippen LogP contribution in [-0.2, 0) is 11.3 Å². The highest BCUT2D eigenvalue weighted by atomic mass is 127. The molecule has 1 atom stereocenters. The van der Waals surface area contributed by atoms with Crippen molar-refractivity contribution in [1.82, 2.24) is 20.5 Å². The molecule has 0 spiro atoms. The maximum absolute atomic E-state index is 12.6. The first-order valence-corrected chi connectivity index (χ1v) is 10.8. The number of pyridine rings is 1. The highest BCUT2D eigenvalue weighted by Gasteiger charge is 2.32. The van der Waals surface area contributed by atoms with Gasteiger partial charge in [-0.1, -0.05) is 18.9 Å². The molecule has 1 saturated carbocycles. The fourth-order valence-electron chi connectivity index (χ4n) is 3.94. The minimum atomic E-state index is -4.39. The standard InChI is InChI=1S/C21H30F3N5O2.HI/c1-2-25-20(27-12-15-7-8-18(26-11-15)31-14-21(22,23)24)28-17-9-10-29(13-17)19(30)16-5-3-4-6-16;/h7-8,11,16-17H,2-6,9-10,12-14H2,1H3,(H2,25,27,28);1H. The van der Waals surface area contributed by atoms with E-state index in [4.69, 9.17) is 0 Å². The monoisotopic (exact) mass is 569 g/mol. The minimum Gasteiger partial charge on any atom is -0.468 e. The Kier molecular flexibility index (Phi) is 10.3. The topological polar surface area (TPSA) is 78.9 Å². The fourth-order valence-corrected chi connectivity index (χ4v) is 3.94. The Bertz CT molecular complexity index is 755. The quantitative estimate of drug-likeness (QED) is 0.299. The average Bonchev–Trinajstić information content (AvgIpc) is 3.43. The Hall–Kier alpha value is -1.79. The smallest absolute Gasteiger partial charge is 0.422 e. The number of nitrogens with zero attached hydrogens (tertiary/aromatic N) is 3. The van der Waals surface area contributed by atoms with Crippen molar-refractivity contribution < 1.29 is 22.7 Å². The SMILES string of the molecule is CCNC(=NCc1ccc(OCC(F)(F)F)nc1)NC1CCN(C(=O)C2CCCC2)C1.I. The van der Waals surface area contributed by atoms with Crippen molar-refractivity contribution in [3.8, 4) is 5.88 Å². The molecule has 7 nitrogen and oxygen atoms in total. The van der Waals surface area contributed by atoms with Gasteiger partial charge in [-0.25, -0.2) is 9.98 Å². The first-order chi connectivity index (χ1) is 14.8. The van der Waals surface area contributed by atoms with Gasteiger partial charge < -0.3 is 20.3 Å². The van der Waals surface area contributed by atoms with Crippen LogP contribution in [0.5, 0.6) is 5.88 Å².